The molecular weight excluding hydrogens is 350 g/mol. The molecule has 1 N–H and O–H groups in total. The Morgan fingerprint density at radius 1 is 1.32 bits per heavy atom. The van der Waals surface area contributed by atoms with E-state index in [0.29, 0.717) is 25.9 Å². The molecule has 1 aromatic rings. The molecule has 3 rings (SSSR count). The summed E-state index contributed by atoms with van der Waals surface area (Å²) in [5.74, 6) is 0.415. The number of rotatable bonds is 6. The van der Waals surface area contributed by atoms with Crippen molar-refractivity contribution in [3.8, 4) is 11.5 Å². The van der Waals surface area contributed by atoms with Gasteiger partial charge in [0.25, 0.3) is 5.69 Å². The van der Waals surface area contributed by atoms with Crippen LogP contribution in [0.4, 0.5) is 5.69 Å². The van der Waals surface area contributed by atoms with E-state index in [1.54, 1.807) is 0 Å². The third-order valence-corrected chi connectivity index (χ3v) is 6.27. The number of sulfonamides is 1. The molecule has 0 spiro atoms. The van der Waals surface area contributed by atoms with Gasteiger partial charge in [0.05, 0.1) is 11.0 Å². The van der Waals surface area contributed by atoms with Gasteiger partial charge in [-0.15, -0.1) is 0 Å². The van der Waals surface area contributed by atoms with E-state index in [-0.39, 0.29) is 35.7 Å². The molecule has 9 nitrogen and oxygen atoms in total. The van der Waals surface area contributed by atoms with Crippen molar-refractivity contribution in [1.82, 2.24) is 9.62 Å². The topological polar surface area (TPSA) is 111 Å². The second kappa shape index (κ2) is 7.14. The lowest BCUT2D eigenvalue weighted by Crippen LogP contribution is -2.42. The van der Waals surface area contributed by atoms with Crippen molar-refractivity contribution in [2.24, 2.45) is 0 Å². The number of nitro groups is 1. The van der Waals surface area contributed by atoms with Gasteiger partial charge in [-0.3, -0.25) is 10.1 Å². The first kappa shape index (κ1) is 17.9. The zero-order chi connectivity index (χ0) is 18.0. The lowest BCUT2D eigenvalue weighted by Gasteiger charge is -2.27. The molecule has 1 fully saturated rings. The van der Waals surface area contributed by atoms with Gasteiger partial charge in [0.1, 0.15) is 13.2 Å². The van der Waals surface area contributed by atoms with Crippen LogP contribution in [0.25, 0.3) is 0 Å². The monoisotopic (exact) mass is 371 g/mol. The summed E-state index contributed by atoms with van der Waals surface area (Å²) in [6, 6.07) is 2.14. The number of nitrogens with zero attached hydrogens (tertiary/aromatic N) is 2. The lowest BCUT2D eigenvalue weighted by atomic mass is 10.2. The molecule has 0 aliphatic carbocycles. The average Bonchev–Trinajstić information content (AvgIpc) is 3.12. The van der Waals surface area contributed by atoms with Gasteiger partial charge in [-0.2, -0.15) is 4.31 Å². The highest BCUT2D eigenvalue weighted by Gasteiger charge is 2.38. The Bertz CT molecular complexity index is 761. The van der Waals surface area contributed by atoms with Crippen molar-refractivity contribution in [1.29, 1.82) is 0 Å². The van der Waals surface area contributed by atoms with E-state index < -0.39 is 20.6 Å². The highest BCUT2D eigenvalue weighted by molar-refractivity contribution is 7.89. The number of nitrogens with one attached hydrogen (secondary N) is 1. The van der Waals surface area contributed by atoms with Gasteiger partial charge in [0.15, 0.2) is 16.4 Å². The molecule has 2 heterocycles. The molecule has 10 heteroatoms. The summed E-state index contributed by atoms with van der Waals surface area (Å²) in [5, 5.41) is 14.6. The molecule has 1 atom stereocenters. The van der Waals surface area contributed by atoms with Gasteiger partial charge in [0, 0.05) is 25.2 Å². The summed E-state index contributed by atoms with van der Waals surface area (Å²) in [4.78, 5) is 10.4. The van der Waals surface area contributed by atoms with Gasteiger partial charge in [0.2, 0.25) is 10.0 Å². The highest BCUT2D eigenvalue weighted by atomic mass is 32.2. The number of benzene rings is 1. The predicted octanol–water partition coefficient (Wildman–Crippen LogP) is 1.13. The second-order valence-corrected chi connectivity index (χ2v) is 7.84. The molecular formula is C15H21N3O6S. The van der Waals surface area contributed by atoms with Crippen LogP contribution in [0.3, 0.4) is 0 Å². The normalized spacial score (nSPS) is 20.0. The van der Waals surface area contributed by atoms with Crippen LogP contribution in [0, 0.1) is 10.1 Å². The first-order valence-electron chi connectivity index (χ1n) is 8.25. The van der Waals surface area contributed by atoms with Crippen molar-refractivity contribution in [3.63, 3.8) is 0 Å². The Morgan fingerprint density at radius 3 is 2.56 bits per heavy atom. The minimum Gasteiger partial charge on any atom is -0.486 e. The van der Waals surface area contributed by atoms with Crippen LogP contribution in [0.2, 0.25) is 0 Å². The van der Waals surface area contributed by atoms with Crippen LogP contribution in [0.1, 0.15) is 19.8 Å². The minimum absolute atomic E-state index is 0.196. The molecule has 1 saturated heterocycles. The Labute approximate surface area is 146 Å². The lowest BCUT2D eigenvalue weighted by molar-refractivity contribution is -0.388. The van der Waals surface area contributed by atoms with Crippen molar-refractivity contribution in [2.45, 2.75) is 30.7 Å². The summed E-state index contributed by atoms with van der Waals surface area (Å²) in [6.07, 6.45) is 1.30. The van der Waals surface area contributed by atoms with E-state index in [9.17, 15) is 18.5 Å². The average molecular weight is 371 g/mol. The van der Waals surface area contributed by atoms with Gasteiger partial charge in [-0.1, -0.05) is 6.92 Å². The fourth-order valence-corrected chi connectivity index (χ4v) is 5.04. The molecule has 0 radical (unpaired) electrons. The van der Waals surface area contributed by atoms with Crippen LogP contribution >= 0.6 is 0 Å². The second-order valence-electron chi connectivity index (χ2n) is 5.98. The maximum absolute atomic E-state index is 13.2. The SMILES string of the molecule is CCCN(C1CCNC1)S(=O)(=O)c1cc2c(cc1[N+](=O)[O-])OCCO2. The van der Waals surface area contributed by atoms with Crippen LogP contribution in [0.5, 0.6) is 11.5 Å². The van der Waals surface area contributed by atoms with Crippen molar-refractivity contribution in [3.05, 3.63) is 22.2 Å². The molecule has 0 saturated carbocycles. The molecule has 138 valence electrons. The first-order chi connectivity index (χ1) is 11.9. The zero-order valence-electron chi connectivity index (χ0n) is 13.9. The third kappa shape index (κ3) is 3.42. The van der Waals surface area contributed by atoms with E-state index in [4.69, 9.17) is 9.47 Å². The van der Waals surface area contributed by atoms with E-state index in [1.807, 2.05) is 6.92 Å². The number of fused-ring (bicyclic) bond motifs is 1. The van der Waals surface area contributed by atoms with Crippen molar-refractivity contribution in [2.75, 3.05) is 32.8 Å². The predicted molar refractivity (Wildman–Crippen MR) is 89.5 cm³/mol. The highest BCUT2D eigenvalue weighted by Crippen LogP contribution is 2.40. The summed E-state index contributed by atoms with van der Waals surface area (Å²) < 4.78 is 38.6. The number of nitro benzene ring substituents is 1. The van der Waals surface area contributed by atoms with Crippen LogP contribution in [0.15, 0.2) is 17.0 Å². The number of ether oxygens (including phenoxy) is 2. The summed E-state index contributed by atoms with van der Waals surface area (Å²) in [7, 11) is -4.04. The number of hydrogen-bond donors (Lipinski definition) is 1. The van der Waals surface area contributed by atoms with Crippen molar-refractivity contribution < 1.29 is 22.8 Å². The number of hydrogen-bond acceptors (Lipinski definition) is 7. The van der Waals surface area contributed by atoms with Crippen LogP contribution in [-0.2, 0) is 10.0 Å². The van der Waals surface area contributed by atoms with Gasteiger partial charge < -0.3 is 14.8 Å². The van der Waals surface area contributed by atoms with Crippen molar-refractivity contribution >= 4 is 15.7 Å². The minimum atomic E-state index is -4.04. The largest absolute Gasteiger partial charge is 0.486 e. The smallest absolute Gasteiger partial charge is 0.293 e. The maximum atomic E-state index is 13.2. The molecule has 0 aromatic heterocycles. The van der Waals surface area contributed by atoms with Gasteiger partial charge in [-0.25, -0.2) is 8.42 Å². The zero-order valence-corrected chi connectivity index (χ0v) is 14.8. The van der Waals surface area contributed by atoms with E-state index in [1.165, 1.54) is 10.4 Å². The quantitative estimate of drug-likeness (QED) is 0.589. The standard InChI is InChI=1S/C15H21N3O6S/c1-2-5-17(11-3-4-16-10-11)25(21,22)15-9-14-13(23-6-7-24-14)8-12(15)18(19)20/h8-9,11,16H,2-7,10H2,1H3. The Kier molecular flexibility index (Phi) is 5.11. The van der Waals surface area contributed by atoms with Crippen LogP contribution in [-0.4, -0.2) is 56.5 Å². The van der Waals surface area contributed by atoms with Crippen LogP contribution < -0.4 is 14.8 Å². The van der Waals surface area contributed by atoms with E-state index in [0.717, 1.165) is 12.6 Å². The molecule has 0 bridgehead atoms. The summed E-state index contributed by atoms with van der Waals surface area (Å²) in [5.41, 5.74) is -0.490. The molecule has 1 aromatic carbocycles. The van der Waals surface area contributed by atoms with Gasteiger partial charge in [-0.05, 0) is 19.4 Å². The van der Waals surface area contributed by atoms with E-state index in [2.05, 4.69) is 5.32 Å². The molecule has 25 heavy (non-hydrogen) atoms. The molecule has 2 aliphatic heterocycles. The fraction of sp³-hybridized carbons (Fsp3) is 0.600. The summed E-state index contributed by atoms with van der Waals surface area (Å²) >= 11 is 0. The fourth-order valence-electron chi connectivity index (χ4n) is 3.14. The first-order valence-corrected chi connectivity index (χ1v) is 9.69. The van der Waals surface area contributed by atoms with E-state index >= 15 is 0 Å². The third-order valence-electron chi connectivity index (χ3n) is 4.29. The Hall–Kier alpha value is -1.91. The summed E-state index contributed by atoms with van der Waals surface area (Å²) in [6.45, 7) is 3.99. The molecule has 0 amide bonds. The molecule has 1 unspecified atom stereocenters. The Balaban J connectivity index is 2.09. The molecule has 2 aliphatic rings. The Morgan fingerprint density at radius 2 is 2.00 bits per heavy atom. The van der Waals surface area contributed by atoms with Gasteiger partial charge >= 0.3 is 0 Å². The maximum Gasteiger partial charge on any atom is 0.293 e.